The van der Waals surface area contributed by atoms with E-state index in [0.717, 1.165) is 30.7 Å². The van der Waals surface area contributed by atoms with Gasteiger partial charge in [0.05, 0.1) is 18.2 Å². The molecule has 0 aromatic carbocycles. The number of nitrogens with one attached hydrogen (secondary N) is 2. The molecule has 2 N–H and O–H groups in total. The largest absolute Gasteiger partial charge is 0.337 e. The quantitative estimate of drug-likeness (QED) is 0.844. The average Bonchev–Trinajstić information content (AvgIpc) is 3.16. The van der Waals surface area contributed by atoms with Gasteiger partial charge in [-0.2, -0.15) is 5.26 Å². The number of nitriles is 1. The van der Waals surface area contributed by atoms with E-state index in [0.29, 0.717) is 0 Å². The van der Waals surface area contributed by atoms with Gasteiger partial charge in [0.15, 0.2) is 0 Å². The first-order valence-electron chi connectivity index (χ1n) is 7.79. The van der Waals surface area contributed by atoms with Crippen molar-refractivity contribution in [2.24, 2.45) is 5.92 Å². The van der Waals surface area contributed by atoms with Gasteiger partial charge in [-0.1, -0.05) is 26.7 Å². The van der Waals surface area contributed by atoms with E-state index in [1.54, 1.807) is 18.3 Å². The predicted molar refractivity (Wildman–Crippen MR) is 87.3 cm³/mol. The number of thiazole rings is 1. The first kappa shape index (κ1) is 16.9. The van der Waals surface area contributed by atoms with Crippen molar-refractivity contribution in [3.63, 3.8) is 0 Å². The maximum atomic E-state index is 12.2. The fraction of sp³-hybridized carbons (Fsp3) is 0.688. The number of nitrogens with zero attached hydrogens (tertiary/aromatic N) is 2. The van der Waals surface area contributed by atoms with Crippen LogP contribution in [0.2, 0.25) is 0 Å². The second-order valence-electron chi connectivity index (χ2n) is 6.50. The highest BCUT2D eigenvalue weighted by Crippen LogP contribution is 2.39. The molecular weight excluding hydrogens is 296 g/mol. The summed E-state index contributed by atoms with van der Waals surface area (Å²) < 4.78 is 0. The van der Waals surface area contributed by atoms with Gasteiger partial charge in [-0.3, -0.25) is 10.1 Å². The van der Waals surface area contributed by atoms with Crippen molar-refractivity contribution < 1.29 is 4.79 Å². The molecule has 0 aliphatic heterocycles. The minimum atomic E-state index is -0.831. The highest BCUT2D eigenvalue weighted by Gasteiger charge is 2.38. The van der Waals surface area contributed by atoms with Gasteiger partial charge in [-0.05, 0) is 25.7 Å². The molecule has 1 amide bonds. The molecule has 22 heavy (non-hydrogen) atoms. The molecule has 1 aromatic heterocycles. The lowest BCUT2D eigenvalue weighted by atomic mass is 9.90. The monoisotopic (exact) mass is 320 g/mol. The Balaban J connectivity index is 1.99. The van der Waals surface area contributed by atoms with Crippen molar-refractivity contribution >= 4 is 17.2 Å². The summed E-state index contributed by atoms with van der Waals surface area (Å²) in [7, 11) is 0. The first-order chi connectivity index (χ1) is 10.4. The number of rotatable bonds is 6. The van der Waals surface area contributed by atoms with Gasteiger partial charge in [-0.25, -0.2) is 4.98 Å². The summed E-state index contributed by atoms with van der Waals surface area (Å²) in [6, 6.07) is 2.20. The summed E-state index contributed by atoms with van der Waals surface area (Å²) in [5.74, 6) is -0.0820. The summed E-state index contributed by atoms with van der Waals surface area (Å²) in [6.45, 7) is 5.85. The van der Waals surface area contributed by atoms with Crippen molar-refractivity contribution in [3.8, 4) is 6.07 Å². The molecule has 0 bridgehead atoms. The molecule has 1 heterocycles. The van der Waals surface area contributed by atoms with Crippen molar-refractivity contribution in [1.82, 2.24) is 15.6 Å². The van der Waals surface area contributed by atoms with Crippen LogP contribution >= 0.6 is 11.3 Å². The molecule has 0 saturated heterocycles. The second-order valence-corrected chi connectivity index (χ2v) is 7.39. The van der Waals surface area contributed by atoms with Gasteiger partial charge in [0, 0.05) is 11.6 Å². The Labute approximate surface area is 136 Å². The standard InChI is InChI=1S/C16H24N4OS/c1-12(2)15(3,11-17)20-13(21)10-19-16(6-4-5-7-16)14-18-8-9-22-14/h8-9,12,19H,4-7,10H2,1-3H3,(H,20,21)/t15-/m1/s1. The number of carbonyl (C=O) groups excluding carboxylic acids is 1. The van der Waals surface area contributed by atoms with E-state index < -0.39 is 5.54 Å². The van der Waals surface area contributed by atoms with E-state index in [1.807, 2.05) is 25.4 Å². The number of hydrogen-bond donors (Lipinski definition) is 2. The molecule has 1 aliphatic carbocycles. The highest BCUT2D eigenvalue weighted by molar-refractivity contribution is 7.09. The molecule has 1 aromatic rings. The van der Waals surface area contributed by atoms with Crippen molar-refractivity contribution in [1.29, 1.82) is 5.26 Å². The lowest BCUT2D eigenvalue weighted by Crippen LogP contribution is -2.53. The molecule has 0 unspecified atom stereocenters. The number of hydrogen-bond acceptors (Lipinski definition) is 5. The molecule has 1 fully saturated rings. The summed E-state index contributed by atoms with van der Waals surface area (Å²) in [5, 5.41) is 18.6. The fourth-order valence-electron chi connectivity index (χ4n) is 2.79. The summed E-state index contributed by atoms with van der Waals surface area (Å²) >= 11 is 1.64. The third-order valence-corrected chi connectivity index (χ3v) is 5.65. The van der Waals surface area contributed by atoms with Crippen LogP contribution < -0.4 is 10.6 Å². The second kappa shape index (κ2) is 6.76. The molecule has 6 heteroatoms. The maximum Gasteiger partial charge on any atom is 0.235 e. The van der Waals surface area contributed by atoms with Crippen LogP contribution in [0.25, 0.3) is 0 Å². The number of amides is 1. The van der Waals surface area contributed by atoms with Gasteiger partial charge in [0.1, 0.15) is 10.5 Å². The maximum absolute atomic E-state index is 12.2. The minimum Gasteiger partial charge on any atom is -0.337 e. The molecular formula is C16H24N4OS. The van der Waals surface area contributed by atoms with Crippen LogP contribution in [0.3, 0.4) is 0 Å². The molecule has 5 nitrogen and oxygen atoms in total. The van der Waals surface area contributed by atoms with Crippen LogP contribution in [-0.2, 0) is 10.3 Å². The van der Waals surface area contributed by atoms with Crippen LogP contribution in [0.15, 0.2) is 11.6 Å². The van der Waals surface area contributed by atoms with E-state index in [9.17, 15) is 10.1 Å². The topological polar surface area (TPSA) is 77.8 Å². The number of aromatic nitrogens is 1. The van der Waals surface area contributed by atoms with E-state index in [2.05, 4.69) is 21.7 Å². The summed E-state index contributed by atoms with van der Waals surface area (Å²) in [4.78, 5) is 16.7. The average molecular weight is 320 g/mol. The normalized spacial score (nSPS) is 19.6. The zero-order valence-electron chi connectivity index (χ0n) is 13.5. The fourth-order valence-corrected chi connectivity index (χ4v) is 3.66. The molecule has 0 radical (unpaired) electrons. The summed E-state index contributed by atoms with van der Waals surface area (Å²) in [6.07, 6.45) is 6.13. The smallest absolute Gasteiger partial charge is 0.235 e. The lowest BCUT2D eigenvalue weighted by Gasteiger charge is -2.30. The van der Waals surface area contributed by atoms with Crippen molar-refractivity contribution in [2.75, 3.05) is 6.54 Å². The Hall–Kier alpha value is -1.45. The first-order valence-corrected chi connectivity index (χ1v) is 8.67. The molecule has 0 spiro atoms. The van der Waals surface area contributed by atoms with Crippen molar-refractivity contribution in [3.05, 3.63) is 16.6 Å². The Bertz CT molecular complexity index is 543. The Kier molecular flexibility index (Phi) is 5.20. The van der Waals surface area contributed by atoms with E-state index in [4.69, 9.17) is 0 Å². The third kappa shape index (κ3) is 3.47. The van der Waals surface area contributed by atoms with Crippen molar-refractivity contribution in [2.45, 2.75) is 57.5 Å². The molecule has 1 aliphatic rings. The molecule has 1 saturated carbocycles. The highest BCUT2D eigenvalue weighted by atomic mass is 32.1. The zero-order chi connectivity index (χ0) is 16.2. The van der Waals surface area contributed by atoms with E-state index in [1.165, 1.54) is 0 Å². The number of carbonyl (C=O) groups is 1. The molecule has 120 valence electrons. The predicted octanol–water partition coefficient (Wildman–Crippen LogP) is 2.56. The molecule has 1 atom stereocenters. The van der Waals surface area contributed by atoms with Gasteiger partial charge < -0.3 is 5.32 Å². The van der Waals surface area contributed by atoms with Crippen LogP contribution in [0.5, 0.6) is 0 Å². The lowest BCUT2D eigenvalue weighted by molar-refractivity contribution is -0.122. The SMILES string of the molecule is CC(C)[C@@](C)(C#N)NC(=O)CNC1(c2nccs2)CCCC1. The zero-order valence-corrected chi connectivity index (χ0v) is 14.3. The van der Waals surface area contributed by atoms with Crippen LogP contribution in [0.1, 0.15) is 51.5 Å². The van der Waals surface area contributed by atoms with Gasteiger partial charge in [-0.15, -0.1) is 11.3 Å². The van der Waals surface area contributed by atoms with E-state index in [-0.39, 0.29) is 23.9 Å². The summed E-state index contributed by atoms with van der Waals surface area (Å²) in [5.41, 5.74) is -1.00. The van der Waals surface area contributed by atoms with E-state index >= 15 is 0 Å². The minimum absolute atomic E-state index is 0.0563. The Morgan fingerprint density at radius 1 is 1.55 bits per heavy atom. The Morgan fingerprint density at radius 2 is 2.23 bits per heavy atom. The van der Waals surface area contributed by atoms with Crippen LogP contribution in [0, 0.1) is 17.2 Å². The van der Waals surface area contributed by atoms with Crippen LogP contribution in [-0.4, -0.2) is 23.0 Å². The van der Waals surface area contributed by atoms with Crippen LogP contribution in [0.4, 0.5) is 0 Å². The van der Waals surface area contributed by atoms with Gasteiger partial charge >= 0.3 is 0 Å². The third-order valence-electron chi connectivity index (χ3n) is 4.67. The van der Waals surface area contributed by atoms with Gasteiger partial charge in [0.25, 0.3) is 0 Å². The Morgan fingerprint density at radius 3 is 2.73 bits per heavy atom. The van der Waals surface area contributed by atoms with Gasteiger partial charge in [0.2, 0.25) is 5.91 Å². The molecule has 2 rings (SSSR count).